The number of hydrogen-bond donors (Lipinski definition) is 0. The fraction of sp³-hybridized carbons (Fsp3) is 0.118. The van der Waals surface area contributed by atoms with Gasteiger partial charge in [-0.05, 0) is 35.9 Å². The minimum absolute atomic E-state index is 0.0852. The second kappa shape index (κ2) is 7.87. The highest BCUT2D eigenvalue weighted by Gasteiger charge is 2.11. The molecule has 120 valence electrons. The van der Waals surface area contributed by atoms with Crippen LogP contribution < -0.4 is 9.47 Å². The van der Waals surface area contributed by atoms with Crippen molar-refractivity contribution in [3.05, 3.63) is 64.1 Å². The Morgan fingerprint density at radius 2 is 1.91 bits per heavy atom. The number of allylic oxidation sites excluding steroid dienone is 1. The molecule has 0 spiro atoms. The van der Waals surface area contributed by atoms with Crippen LogP contribution in [0.5, 0.6) is 11.5 Å². The predicted octanol–water partition coefficient (Wildman–Crippen LogP) is 4.96. The van der Waals surface area contributed by atoms with Gasteiger partial charge in [-0.3, -0.25) is 4.79 Å². The summed E-state index contributed by atoms with van der Waals surface area (Å²) in [6, 6.07) is 11.5. The molecule has 2 aromatic carbocycles. The van der Waals surface area contributed by atoms with Gasteiger partial charge in [-0.2, -0.15) is 8.78 Å². The van der Waals surface area contributed by atoms with Gasteiger partial charge in [0, 0.05) is 10.0 Å². The first-order chi connectivity index (χ1) is 11.0. The summed E-state index contributed by atoms with van der Waals surface area (Å²) >= 11 is 3.31. The zero-order valence-corrected chi connectivity index (χ0v) is 13.7. The van der Waals surface area contributed by atoms with E-state index in [2.05, 4.69) is 20.7 Å². The van der Waals surface area contributed by atoms with Crippen molar-refractivity contribution in [2.75, 3.05) is 7.11 Å². The van der Waals surface area contributed by atoms with E-state index in [1.54, 1.807) is 24.3 Å². The Kier molecular flexibility index (Phi) is 5.87. The molecular weight excluding hydrogens is 370 g/mol. The van der Waals surface area contributed by atoms with Crippen molar-refractivity contribution in [2.45, 2.75) is 6.61 Å². The van der Waals surface area contributed by atoms with Crippen LogP contribution >= 0.6 is 15.9 Å². The van der Waals surface area contributed by atoms with Crippen molar-refractivity contribution >= 4 is 27.8 Å². The molecule has 0 aliphatic carbocycles. The first kappa shape index (κ1) is 17.1. The maximum atomic E-state index is 12.4. The van der Waals surface area contributed by atoms with E-state index in [1.165, 1.54) is 31.4 Å². The maximum Gasteiger partial charge on any atom is 0.387 e. The van der Waals surface area contributed by atoms with Gasteiger partial charge in [-0.1, -0.05) is 40.2 Å². The van der Waals surface area contributed by atoms with Crippen molar-refractivity contribution in [1.82, 2.24) is 0 Å². The van der Waals surface area contributed by atoms with Crippen molar-refractivity contribution in [2.24, 2.45) is 0 Å². The van der Waals surface area contributed by atoms with E-state index >= 15 is 0 Å². The van der Waals surface area contributed by atoms with Gasteiger partial charge in [0.2, 0.25) is 0 Å². The third-order valence-corrected chi connectivity index (χ3v) is 3.66. The van der Waals surface area contributed by atoms with Gasteiger partial charge in [0.1, 0.15) is 0 Å². The molecule has 0 aliphatic rings. The number of benzene rings is 2. The molecule has 0 saturated carbocycles. The Labute approximate surface area is 140 Å². The molecule has 23 heavy (non-hydrogen) atoms. The third kappa shape index (κ3) is 4.63. The van der Waals surface area contributed by atoms with Crippen LogP contribution in [0.2, 0.25) is 0 Å². The standard InChI is InChI=1S/C17H13BrF2O3/c1-22-15-9-7-11(10-16(15)23-17(19)20)6-8-14(21)12-4-2-3-5-13(12)18/h2-10,17H,1H3/b8-6+. The zero-order valence-electron chi connectivity index (χ0n) is 12.1. The van der Waals surface area contributed by atoms with Crippen LogP contribution in [0.4, 0.5) is 8.78 Å². The number of halogens is 3. The summed E-state index contributed by atoms with van der Waals surface area (Å²) in [5.41, 5.74) is 1.06. The van der Waals surface area contributed by atoms with E-state index < -0.39 is 6.61 Å². The summed E-state index contributed by atoms with van der Waals surface area (Å²) in [5.74, 6) is -0.0952. The highest BCUT2D eigenvalue weighted by atomic mass is 79.9. The SMILES string of the molecule is COc1ccc(/C=C/C(=O)c2ccccc2Br)cc1OC(F)F. The highest BCUT2D eigenvalue weighted by molar-refractivity contribution is 9.10. The third-order valence-electron chi connectivity index (χ3n) is 2.97. The Morgan fingerprint density at radius 3 is 2.57 bits per heavy atom. The normalized spacial score (nSPS) is 11.0. The van der Waals surface area contributed by atoms with Crippen molar-refractivity contribution < 1.29 is 23.0 Å². The molecule has 6 heteroatoms. The quantitative estimate of drug-likeness (QED) is 0.523. The van der Waals surface area contributed by atoms with Crippen LogP contribution in [-0.2, 0) is 0 Å². The molecule has 0 saturated heterocycles. The van der Waals surface area contributed by atoms with E-state index in [1.807, 2.05) is 6.07 Å². The highest BCUT2D eigenvalue weighted by Crippen LogP contribution is 2.30. The number of rotatable bonds is 6. The summed E-state index contributed by atoms with van der Waals surface area (Å²) in [7, 11) is 1.36. The molecular formula is C17H13BrF2O3. The Hall–Kier alpha value is -2.21. The lowest BCUT2D eigenvalue weighted by molar-refractivity contribution is -0.0512. The van der Waals surface area contributed by atoms with E-state index in [0.29, 0.717) is 15.6 Å². The Balaban J connectivity index is 2.22. The predicted molar refractivity (Wildman–Crippen MR) is 87.1 cm³/mol. The molecule has 3 nitrogen and oxygen atoms in total. The molecule has 0 amide bonds. The van der Waals surface area contributed by atoms with Crippen LogP contribution in [0.25, 0.3) is 6.08 Å². The fourth-order valence-electron chi connectivity index (χ4n) is 1.91. The average molecular weight is 383 g/mol. The zero-order chi connectivity index (χ0) is 16.8. The van der Waals surface area contributed by atoms with Gasteiger partial charge in [0.15, 0.2) is 17.3 Å². The molecule has 0 unspecified atom stereocenters. The smallest absolute Gasteiger partial charge is 0.387 e. The molecule has 0 radical (unpaired) electrons. The maximum absolute atomic E-state index is 12.4. The van der Waals surface area contributed by atoms with Gasteiger partial charge < -0.3 is 9.47 Å². The molecule has 0 N–H and O–H groups in total. The first-order valence-electron chi connectivity index (χ1n) is 6.61. The summed E-state index contributed by atoms with van der Waals surface area (Å²) in [5, 5.41) is 0. The molecule has 0 bridgehead atoms. The van der Waals surface area contributed by atoms with Crippen molar-refractivity contribution in [3.63, 3.8) is 0 Å². The van der Waals surface area contributed by atoms with Gasteiger partial charge in [-0.15, -0.1) is 0 Å². The molecule has 0 atom stereocenters. The van der Waals surface area contributed by atoms with Crippen LogP contribution in [0.1, 0.15) is 15.9 Å². The van der Waals surface area contributed by atoms with E-state index in [-0.39, 0.29) is 17.3 Å². The second-order valence-electron chi connectivity index (χ2n) is 4.47. The number of methoxy groups -OCH3 is 1. The molecule has 2 rings (SSSR count). The fourth-order valence-corrected chi connectivity index (χ4v) is 2.39. The number of alkyl halides is 2. The molecule has 0 fully saturated rings. The van der Waals surface area contributed by atoms with Gasteiger partial charge in [0.25, 0.3) is 0 Å². The average Bonchev–Trinajstić information content (AvgIpc) is 2.52. The summed E-state index contributed by atoms with van der Waals surface area (Å²) < 4.78 is 34.8. The van der Waals surface area contributed by atoms with Crippen molar-refractivity contribution in [1.29, 1.82) is 0 Å². The van der Waals surface area contributed by atoms with Crippen LogP contribution in [0.15, 0.2) is 53.0 Å². The van der Waals surface area contributed by atoms with Gasteiger partial charge in [0.05, 0.1) is 7.11 Å². The lowest BCUT2D eigenvalue weighted by Crippen LogP contribution is -2.03. The van der Waals surface area contributed by atoms with Crippen LogP contribution in [0.3, 0.4) is 0 Å². The molecule has 0 aliphatic heterocycles. The second-order valence-corrected chi connectivity index (χ2v) is 5.32. The lowest BCUT2D eigenvalue weighted by atomic mass is 10.1. The van der Waals surface area contributed by atoms with Crippen molar-refractivity contribution in [3.8, 4) is 11.5 Å². The molecule has 0 heterocycles. The van der Waals surface area contributed by atoms with Gasteiger partial charge in [-0.25, -0.2) is 0 Å². The minimum atomic E-state index is -2.95. The van der Waals surface area contributed by atoms with E-state index in [4.69, 9.17) is 4.74 Å². The Bertz CT molecular complexity index is 730. The topological polar surface area (TPSA) is 35.5 Å². The number of carbonyl (C=O) groups excluding carboxylic acids is 1. The Morgan fingerprint density at radius 1 is 1.17 bits per heavy atom. The summed E-state index contributed by atoms with van der Waals surface area (Å²) in [4.78, 5) is 12.1. The molecule has 0 aromatic heterocycles. The van der Waals surface area contributed by atoms with Crippen LogP contribution in [0, 0.1) is 0 Å². The van der Waals surface area contributed by atoms with E-state index in [0.717, 1.165) is 0 Å². The largest absolute Gasteiger partial charge is 0.493 e. The number of ketones is 1. The summed E-state index contributed by atoms with van der Waals surface area (Å²) in [6.07, 6.45) is 2.90. The van der Waals surface area contributed by atoms with Gasteiger partial charge >= 0.3 is 6.61 Å². The van der Waals surface area contributed by atoms with Crippen LogP contribution in [-0.4, -0.2) is 19.5 Å². The number of ether oxygens (including phenoxy) is 2. The van der Waals surface area contributed by atoms with E-state index in [9.17, 15) is 13.6 Å². The first-order valence-corrected chi connectivity index (χ1v) is 7.40. The monoisotopic (exact) mass is 382 g/mol. The lowest BCUT2D eigenvalue weighted by Gasteiger charge is -2.10. The number of hydrogen-bond acceptors (Lipinski definition) is 3. The minimum Gasteiger partial charge on any atom is -0.493 e. The molecule has 2 aromatic rings. The summed E-state index contributed by atoms with van der Waals surface area (Å²) in [6.45, 7) is -2.95. The number of carbonyl (C=O) groups is 1.